The number of hydrogen-bond donors (Lipinski definition) is 1. The molecule has 2 aromatic carbocycles. The number of carbonyl (C=O) groups is 2. The van der Waals surface area contributed by atoms with Crippen LogP contribution in [0.15, 0.2) is 48.5 Å². The van der Waals surface area contributed by atoms with Gasteiger partial charge in [0.1, 0.15) is 11.3 Å². The predicted octanol–water partition coefficient (Wildman–Crippen LogP) is 3.91. The normalized spacial score (nSPS) is 19.8. The van der Waals surface area contributed by atoms with E-state index in [1.165, 1.54) is 24.3 Å². The van der Waals surface area contributed by atoms with E-state index >= 15 is 0 Å². The Kier molecular flexibility index (Phi) is 4.82. The highest BCUT2D eigenvalue weighted by Gasteiger charge is 2.49. The second-order valence-corrected chi connectivity index (χ2v) is 6.35. The summed E-state index contributed by atoms with van der Waals surface area (Å²) < 4.78 is 28.8. The molecule has 136 valence electrons. The highest BCUT2D eigenvalue weighted by molar-refractivity contribution is 6.31. The Hall–Kier alpha value is -2.67. The lowest BCUT2D eigenvalue weighted by Crippen LogP contribution is -2.40. The molecule has 0 radical (unpaired) electrons. The molecule has 8 heteroatoms. The van der Waals surface area contributed by atoms with Crippen LogP contribution in [0.5, 0.6) is 5.75 Å². The first kappa shape index (κ1) is 18.1. The first-order valence-electron chi connectivity index (χ1n) is 7.74. The highest BCUT2D eigenvalue weighted by Crippen LogP contribution is 2.31. The molecular formula is C18H15ClF2N2O3. The number of urea groups is 1. The third-order valence-electron chi connectivity index (χ3n) is 4.22. The highest BCUT2D eigenvalue weighted by atomic mass is 35.5. The van der Waals surface area contributed by atoms with Crippen LogP contribution in [0, 0.1) is 0 Å². The van der Waals surface area contributed by atoms with Crippen LogP contribution in [0.25, 0.3) is 0 Å². The number of amides is 3. The summed E-state index contributed by atoms with van der Waals surface area (Å²) in [7, 11) is 0. The Balaban J connectivity index is 1.83. The molecule has 0 saturated carbocycles. The first-order chi connectivity index (χ1) is 12.3. The fourth-order valence-corrected chi connectivity index (χ4v) is 3.00. The van der Waals surface area contributed by atoms with E-state index in [-0.39, 0.29) is 12.3 Å². The minimum Gasteiger partial charge on any atom is -0.435 e. The molecule has 3 rings (SSSR count). The number of alkyl halides is 2. The first-order valence-corrected chi connectivity index (χ1v) is 8.12. The van der Waals surface area contributed by atoms with Crippen LogP contribution in [-0.2, 0) is 16.9 Å². The molecule has 1 aliphatic heterocycles. The van der Waals surface area contributed by atoms with Crippen molar-refractivity contribution in [3.63, 3.8) is 0 Å². The molecule has 26 heavy (non-hydrogen) atoms. The van der Waals surface area contributed by atoms with E-state index in [2.05, 4.69) is 10.1 Å². The monoisotopic (exact) mass is 380 g/mol. The van der Waals surface area contributed by atoms with Crippen molar-refractivity contribution in [3.05, 3.63) is 64.7 Å². The number of rotatable bonds is 5. The van der Waals surface area contributed by atoms with Crippen LogP contribution in [-0.4, -0.2) is 23.4 Å². The molecule has 0 spiro atoms. The van der Waals surface area contributed by atoms with Crippen molar-refractivity contribution in [2.24, 2.45) is 0 Å². The minimum absolute atomic E-state index is 0.0305. The lowest BCUT2D eigenvalue weighted by molar-refractivity contribution is -0.131. The zero-order chi connectivity index (χ0) is 18.9. The molecular weight excluding hydrogens is 366 g/mol. The number of carbonyl (C=O) groups excluding carboxylic acids is 2. The zero-order valence-corrected chi connectivity index (χ0v) is 14.5. The zero-order valence-electron chi connectivity index (χ0n) is 13.7. The average molecular weight is 381 g/mol. The van der Waals surface area contributed by atoms with Crippen molar-refractivity contribution < 1.29 is 23.1 Å². The molecule has 1 heterocycles. The number of halogens is 3. The minimum atomic E-state index is -2.93. The third kappa shape index (κ3) is 3.35. The largest absolute Gasteiger partial charge is 0.435 e. The van der Waals surface area contributed by atoms with Crippen LogP contribution in [0.4, 0.5) is 13.6 Å². The lowest BCUT2D eigenvalue weighted by Gasteiger charge is -2.22. The van der Waals surface area contributed by atoms with Crippen molar-refractivity contribution in [1.82, 2.24) is 10.2 Å². The van der Waals surface area contributed by atoms with Crippen LogP contribution < -0.4 is 10.1 Å². The van der Waals surface area contributed by atoms with Gasteiger partial charge < -0.3 is 10.1 Å². The molecule has 1 N–H and O–H groups in total. The van der Waals surface area contributed by atoms with Crippen molar-refractivity contribution in [3.8, 4) is 5.75 Å². The predicted molar refractivity (Wildman–Crippen MR) is 91.0 cm³/mol. The maximum Gasteiger partial charge on any atom is 0.387 e. The van der Waals surface area contributed by atoms with E-state index in [1.807, 2.05) is 0 Å². The molecule has 0 unspecified atom stereocenters. The Labute approximate surface area is 153 Å². The Bertz CT molecular complexity index is 845. The topological polar surface area (TPSA) is 58.6 Å². The molecule has 0 bridgehead atoms. The quantitative estimate of drug-likeness (QED) is 0.800. The summed E-state index contributed by atoms with van der Waals surface area (Å²) in [6.45, 7) is -1.34. The summed E-state index contributed by atoms with van der Waals surface area (Å²) >= 11 is 6.10. The van der Waals surface area contributed by atoms with Gasteiger partial charge in [-0.25, -0.2) is 4.79 Å². The van der Waals surface area contributed by atoms with Crippen LogP contribution in [0.3, 0.4) is 0 Å². The molecule has 3 amide bonds. The van der Waals surface area contributed by atoms with Gasteiger partial charge in [-0.15, -0.1) is 0 Å². The fourth-order valence-electron chi connectivity index (χ4n) is 2.80. The van der Waals surface area contributed by atoms with E-state index in [0.29, 0.717) is 16.1 Å². The summed E-state index contributed by atoms with van der Waals surface area (Å²) in [5.74, 6) is -0.484. The molecule has 0 aliphatic carbocycles. The Morgan fingerprint density at radius 3 is 2.42 bits per heavy atom. The summed E-state index contributed by atoms with van der Waals surface area (Å²) in [4.78, 5) is 26.3. The number of ether oxygens (including phenoxy) is 1. The number of benzene rings is 2. The van der Waals surface area contributed by atoms with Gasteiger partial charge >= 0.3 is 12.6 Å². The summed E-state index contributed by atoms with van der Waals surface area (Å²) in [6, 6.07) is 12.0. The second kappa shape index (κ2) is 6.92. The van der Waals surface area contributed by atoms with E-state index in [4.69, 9.17) is 11.6 Å². The maximum atomic E-state index is 12.9. The summed E-state index contributed by atoms with van der Waals surface area (Å²) in [5.41, 5.74) is -0.205. The summed E-state index contributed by atoms with van der Waals surface area (Å²) in [5, 5.41) is 3.11. The number of hydrogen-bond acceptors (Lipinski definition) is 3. The Morgan fingerprint density at radius 1 is 1.15 bits per heavy atom. The Morgan fingerprint density at radius 2 is 1.81 bits per heavy atom. The molecule has 5 nitrogen and oxygen atoms in total. The van der Waals surface area contributed by atoms with Gasteiger partial charge in [-0.1, -0.05) is 41.9 Å². The smallest absolute Gasteiger partial charge is 0.387 e. The van der Waals surface area contributed by atoms with Gasteiger partial charge in [0.15, 0.2) is 0 Å². The second-order valence-electron chi connectivity index (χ2n) is 5.94. The van der Waals surface area contributed by atoms with Gasteiger partial charge in [0, 0.05) is 5.02 Å². The van der Waals surface area contributed by atoms with Gasteiger partial charge in [-0.05, 0) is 36.2 Å². The van der Waals surface area contributed by atoms with Crippen molar-refractivity contribution in [1.29, 1.82) is 0 Å². The van der Waals surface area contributed by atoms with E-state index in [9.17, 15) is 18.4 Å². The number of imide groups is 1. The van der Waals surface area contributed by atoms with Gasteiger partial charge in [-0.2, -0.15) is 8.78 Å². The van der Waals surface area contributed by atoms with Gasteiger partial charge in [0.05, 0.1) is 6.54 Å². The standard InChI is InChI=1S/C18H15ClF2N2O3/c1-18(12-6-8-13(9-7-12)26-16(20)21)15(24)23(17(25)22-18)10-11-4-2-3-5-14(11)19/h2-9,16H,10H2,1H3,(H,22,25)/t18-/m1/s1. The van der Waals surface area contributed by atoms with Gasteiger partial charge in [0.25, 0.3) is 5.91 Å². The maximum absolute atomic E-state index is 12.9. The molecule has 1 atom stereocenters. The summed E-state index contributed by atoms with van der Waals surface area (Å²) in [6.07, 6.45) is 0. The SMILES string of the molecule is C[C@]1(c2ccc(OC(F)F)cc2)NC(=O)N(Cc2ccccc2Cl)C1=O. The van der Waals surface area contributed by atoms with E-state index in [1.54, 1.807) is 31.2 Å². The third-order valence-corrected chi connectivity index (χ3v) is 4.59. The van der Waals surface area contributed by atoms with E-state index in [0.717, 1.165) is 4.90 Å². The molecule has 1 saturated heterocycles. The van der Waals surface area contributed by atoms with Gasteiger partial charge in [-0.3, -0.25) is 9.69 Å². The average Bonchev–Trinajstić information content (AvgIpc) is 2.81. The van der Waals surface area contributed by atoms with Crippen molar-refractivity contribution in [2.45, 2.75) is 25.6 Å². The number of nitrogens with one attached hydrogen (secondary N) is 1. The number of nitrogens with zero attached hydrogens (tertiary/aromatic N) is 1. The van der Waals surface area contributed by atoms with Gasteiger partial charge in [0.2, 0.25) is 0 Å². The molecule has 2 aromatic rings. The van der Waals surface area contributed by atoms with Crippen LogP contribution >= 0.6 is 11.6 Å². The fraction of sp³-hybridized carbons (Fsp3) is 0.222. The van der Waals surface area contributed by atoms with Crippen molar-refractivity contribution in [2.75, 3.05) is 0 Å². The van der Waals surface area contributed by atoms with E-state index < -0.39 is 24.1 Å². The molecule has 0 aromatic heterocycles. The molecule has 1 fully saturated rings. The lowest BCUT2D eigenvalue weighted by atomic mass is 9.92. The van der Waals surface area contributed by atoms with Crippen molar-refractivity contribution >= 4 is 23.5 Å². The molecule has 1 aliphatic rings. The van der Waals surface area contributed by atoms with Crippen LogP contribution in [0.1, 0.15) is 18.1 Å². The van der Waals surface area contributed by atoms with Crippen LogP contribution in [0.2, 0.25) is 5.02 Å².